The molecule has 0 saturated heterocycles. The average Bonchev–Trinajstić information content (AvgIpc) is 2.64. The van der Waals surface area contributed by atoms with Gasteiger partial charge < -0.3 is 10.7 Å². The Labute approximate surface area is 96.3 Å². The summed E-state index contributed by atoms with van der Waals surface area (Å²) in [5, 5.41) is 0. The van der Waals surface area contributed by atoms with E-state index < -0.39 is 11.5 Å². The largest absolute Gasteiger partial charge is 0.365 e. The summed E-state index contributed by atoms with van der Waals surface area (Å²) >= 11 is 0. The molecule has 2 heterocycles. The van der Waals surface area contributed by atoms with Crippen LogP contribution < -0.4 is 11.3 Å². The number of nitrogens with one attached hydrogen (secondary N) is 1. The number of rotatable bonds is 1. The summed E-state index contributed by atoms with van der Waals surface area (Å²) in [6, 6.07) is 5.28. The molecule has 0 radical (unpaired) electrons. The molecule has 1 amide bonds. The fraction of sp³-hybridized carbons (Fsp3) is 0.0833. The monoisotopic (exact) mass is 227 g/mol. The minimum atomic E-state index is -0.716. The highest BCUT2D eigenvalue weighted by Crippen LogP contribution is 2.33. The van der Waals surface area contributed by atoms with Crippen molar-refractivity contribution in [3.05, 3.63) is 51.7 Å². The van der Waals surface area contributed by atoms with Gasteiger partial charge in [-0.15, -0.1) is 0 Å². The molecule has 0 aromatic carbocycles. The zero-order valence-corrected chi connectivity index (χ0v) is 8.86. The Morgan fingerprint density at radius 3 is 3.00 bits per heavy atom. The molecule has 0 atom stereocenters. The smallest absolute Gasteiger partial charge is 0.261 e. The van der Waals surface area contributed by atoms with Crippen LogP contribution in [0, 0.1) is 0 Å². The quantitative estimate of drug-likeness (QED) is 0.632. The van der Waals surface area contributed by atoms with Crippen molar-refractivity contribution in [1.82, 2.24) is 9.97 Å². The predicted molar refractivity (Wildman–Crippen MR) is 61.6 cm³/mol. The Bertz CT molecular complexity index is 688. The molecule has 0 spiro atoms. The van der Waals surface area contributed by atoms with Crippen molar-refractivity contribution in [3.8, 4) is 11.1 Å². The molecule has 84 valence electrons. The Balaban J connectivity index is 2.30. The maximum atomic E-state index is 11.6. The molecule has 3 N–H and O–H groups in total. The van der Waals surface area contributed by atoms with E-state index in [1.54, 1.807) is 12.3 Å². The van der Waals surface area contributed by atoms with Gasteiger partial charge in [0.25, 0.3) is 11.5 Å². The summed E-state index contributed by atoms with van der Waals surface area (Å²) in [6.45, 7) is 0. The van der Waals surface area contributed by atoms with Crippen molar-refractivity contribution in [2.45, 2.75) is 6.42 Å². The molecule has 5 nitrogen and oxygen atoms in total. The fourth-order valence-electron chi connectivity index (χ4n) is 2.12. The molecule has 17 heavy (non-hydrogen) atoms. The summed E-state index contributed by atoms with van der Waals surface area (Å²) in [4.78, 5) is 29.6. The second kappa shape index (κ2) is 3.28. The maximum Gasteiger partial charge on any atom is 0.261 e. The zero-order chi connectivity index (χ0) is 12.0. The van der Waals surface area contributed by atoms with E-state index >= 15 is 0 Å². The lowest BCUT2D eigenvalue weighted by Crippen LogP contribution is -2.24. The highest BCUT2D eigenvalue weighted by molar-refractivity contribution is 5.94. The van der Waals surface area contributed by atoms with Crippen molar-refractivity contribution in [2.75, 3.05) is 0 Å². The number of nitrogens with two attached hydrogens (primary N) is 1. The first-order valence-electron chi connectivity index (χ1n) is 5.17. The normalized spacial score (nSPS) is 12.0. The zero-order valence-electron chi connectivity index (χ0n) is 8.86. The third kappa shape index (κ3) is 1.36. The van der Waals surface area contributed by atoms with Crippen molar-refractivity contribution in [1.29, 1.82) is 0 Å². The number of carbonyl (C=O) groups excluding carboxylic acids is 1. The first kappa shape index (κ1) is 9.77. The number of hydrogen-bond donors (Lipinski definition) is 2. The molecule has 0 saturated carbocycles. The van der Waals surface area contributed by atoms with Gasteiger partial charge in [-0.2, -0.15) is 0 Å². The second-order valence-electron chi connectivity index (χ2n) is 3.94. The van der Waals surface area contributed by atoms with E-state index in [-0.39, 0.29) is 5.56 Å². The molecule has 0 fully saturated rings. The van der Waals surface area contributed by atoms with Gasteiger partial charge in [0.15, 0.2) is 0 Å². The summed E-state index contributed by atoms with van der Waals surface area (Å²) in [5.41, 5.74) is 8.17. The van der Waals surface area contributed by atoms with E-state index in [1.165, 1.54) is 0 Å². The molecule has 2 aromatic heterocycles. The number of amides is 1. The topological polar surface area (TPSA) is 88.8 Å². The van der Waals surface area contributed by atoms with Gasteiger partial charge in [-0.3, -0.25) is 14.6 Å². The van der Waals surface area contributed by atoms with E-state index in [0.717, 1.165) is 22.5 Å². The Morgan fingerprint density at radius 1 is 1.41 bits per heavy atom. The number of aromatic amines is 1. The molecule has 0 bridgehead atoms. The summed E-state index contributed by atoms with van der Waals surface area (Å²) in [6.07, 6.45) is 2.29. The number of aromatic nitrogens is 2. The second-order valence-corrected chi connectivity index (χ2v) is 3.94. The number of hydrogen-bond acceptors (Lipinski definition) is 3. The van der Waals surface area contributed by atoms with Gasteiger partial charge in [0.1, 0.15) is 5.56 Å². The van der Waals surface area contributed by atoms with Crippen LogP contribution in [0.5, 0.6) is 0 Å². The van der Waals surface area contributed by atoms with E-state index in [1.807, 2.05) is 12.1 Å². The summed E-state index contributed by atoms with van der Waals surface area (Å²) < 4.78 is 0. The SMILES string of the molecule is NC(=O)c1cc2c([nH]c1=O)Cc1ncccc1-2. The van der Waals surface area contributed by atoms with Gasteiger partial charge in [0.05, 0.1) is 5.69 Å². The highest BCUT2D eigenvalue weighted by atomic mass is 16.2. The van der Waals surface area contributed by atoms with E-state index in [9.17, 15) is 9.59 Å². The fourth-order valence-corrected chi connectivity index (χ4v) is 2.12. The Kier molecular flexibility index (Phi) is 1.89. The first-order chi connectivity index (χ1) is 8.16. The number of H-pyrrole nitrogens is 1. The third-order valence-corrected chi connectivity index (χ3v) is 2.91. The van der Waals surface area contributed by atoms with Gasteiger partial charge >= 0.3 is 0 Å². The third-order valence-electron chi connectivity index (χ3n) is 2.91. The van der Waals surface area contributed by atoms with Gasteiger partial charge in [-0.05, 0) is 12.1 Å². The highest BCUT2D eigenvalue weighted by Gasteiger charge is 2.22. The molecule has 2 aromatic rings. The van der Waals surface area contributed by atoms with Crippen molar-refractivity contribution < 1.29 is 4.79 Å². The molecule has 3 rings (SSSR count). The van der Waals surface area contributed by atoms with Crippen LogP contribution in [-0.2, 0) is 6.42 Å². The molecular formula is C12H9N3O2. The molecule has 0 aliphatic heterocycles. The number of fused-ring (bicyclic) bond motifs is 3. The predicted octanol–water partition coefficient (Wildman–Crippen LogP) is 0.440. The van der Waals surface area contributed by atoms with Crippen LogP contribution in [0.1, 0.15) is 21.7 Å². The lowest BCUT2D eigenvalue weighted by Gasteiger charge is -2.01. The molecule has 1 aliphatic carbocycles. The molecule has 1 aliphatic rings. The Morgan fingerprint density at radius 2 is 2.24 bits per heavy atom. The van der Waals surface area contributed by atoms with Gasteiger partial charge in [0.2, 0.25) is 0 Å². The number of primary amides is 1. The van der Waals surface area contributed by atoms with Crippen molar-refractivity contribution in [3.63, 3.8) is 0 Å². The van der Waals surface area contributed by atoms with Gasteiger partial charge in [0, 0.05) is 29.4 Å². The summed E-state index contributed by atoms with van der Waals surface area (Å²) in [5.74, 6) is -0.716. The van der Waals surface area contributed by atoms with Crippen LogP contribution in [0.4, 0.5) is 0 Å². The molecule has 5 heteroatoms. The van der Waals surface area contributed by atoms with Crippen molar-refractivity contribution >= 4 is 5.91 Å². The standard InChI is InChI=1S/C12H9N3O2/c13-11(16)8-4-7-6-2-1-3-14-9(6)5-10(7)15-12(8)17/h1-4H,5H2,(H2,13,16)(H,15,17). The summed E-state index contributed by atoms with van der Waals surface area (Å²) in [7, 11) is 0. The van der Waals surface area contributed by atoms with Crippen LogP contribution in [0.25, 0.3) is 11.1 Å². The van der Waals surface area contributed by atoms with Gasteiger partial charge in [-0.25, -0.2) is 0 Å². The molecule has 0 unspecified atom stereocenters. The maximum absolute atomic E-state index is 11.6. The Hall–Kier alpha value is -2.43. The van der Waals surface area contributed by atoms with Crippen molar-refractivity contribution in [2.24, 2.45) is 5.73 Å². The lowest BCUT2D eigenvalue weighted by atomic mass is 10.1. The first-order valence-corrected chi connectivity index (χ1v) is 5.17. The lowest BCUT2D eigenvalue weighted by molar-refractivity contribution is 0.0999. The van der Waals surface area contributed by atoms with Crippen LogP contribution >= 0.6 is 0 Å². The van der Waals surface area contributed by atoms with Crippen LogP contribution in [0.3, 0.4) is 0 Å². The number of pyridine rings is 2. The minimum absolute atomic E-state index is 0.0135. The van der Waals surface area contributed by atoms with E-state index in [0.29, 0.717) is 6.42 Å². The van der Waals surface area contributed by atoms with Crippen LogP contribution in [0.2, 0.25) is 0 Å². The minimum Gasteiger partial charge on any atom is -0.365 e. The van der Waals surface area contributed by atoms with E-state index in [4.69, 9.17) is 5.73 Å². The van der Waals surface area contributed by atoms with Crippen LogP contribution in [0.15, 0.2) is 29.2 Å². The van der Waals surface area contributed by atoms with E-state index in [2.05, 4.69) is 9.97 Å². The molecular weight excluding hydrogens is 218 g/mol. The van der Waals surface area contributed by atoms with Crippen LogP contribution in [-0.4, -0.2) is 15.9 Å². The van der Waals surface area contributed by atoms with Gasteiger partial charge in [-0.1, -0.05) is 6.07 Å². The average molecular weight is 227 g/mol. The number of nitrogens with zero attached hydrogens (tertiary/aromatic N) is 1. The number of carbonyl (C=O) groups is 1.